The first-order chi connectivity index (χ1) is 6.21. The number of halogens is 3. The van der Waals surface area contributed by atoms with Crippen LogP contribution in [0.5, 0.6) is 0 Å². The van der Waals surface area contributed by atoms with Gasteiger partial charge in [-0.15, -0.1) is 0 Å². The van der Waals surface area contributed by atoms with Crippen molar-refractivity contribution in [2.45, 2.75) is 11.2 Å². The molecule has 0 aliphatic rings. The van der Waals surface area contributed by atoms with E-state index in [9.17, 15) is 21.6 Å². The van der Waals surface area contributed by atoms with Crippen molar-refractivity contribution >= 4 is 10.0 Å². The minimum Gasteiger partial charge on any atom is -0.243 e. The van der Waals surface area contributed by atoms with Crippen LogP contribution in [0.2, 0.25) is 0 Å². The van der Waals surface area contributed by atoms with Gasteiger partial charge in [0.05, 0.1) is 5.56 Å². The van der Waals surface area contributed by atoms with Crippen molar-refractivity contribution in [3.63, 3.8) is 0 Å². The molecule has 1 heterocycles. The van der Waals surface area contributed by atoms with Crippen LogP contribution in [0.15, 0.2) is 23.4 Å². The van der Waals surface area contributed by atoms with Crippen LogP contribution in [0.1, 0.15) is 5.56 Å². The maximum Gasteiger partial charge on any atom is 0.416 e. The molecule has 0 bridgehead atoms. The Morgan fingerprint density at radius 2 is 1.93 bits per heavy atom. The minimum atomic E-state index is -4.61. The summed E-state index contributed by atoms with van der Waals surface area (Å²) in [5, 5.41) is 3.81. The van der Waals surface area contributed by atoms with Crippen LogP contribution in [0, 0.1) is 0 Å². The smallest absolute Gasteiger partial charge is 0.243 e. The second kappa shape index (κ2) is 3.21. The van der Waals surface area contributed by atoms with Crippen LogP contribution >= 0.6 is 0 Å². The molecule has 1 aromatic rings. The zero-order valence-electron chi connectivity index (χ0n) is 6.62. The first-order valence-electron chi connectivity index (χ1n) is 3.27. The minimum absolute atomic E-state index is 0.384. The summed E-state index contributed by atoms with van der Waals surface area (Å²) in [4.78, 5) is 3.21. The summed E-state index contributed by atoms with van der Waals surface area (Å²) in [6.45, 7) is 0. The fourth-order valence-electron chi connectivity index (χ4n) is 0.741. The third-order valence-electron chi connectivity index (χ3n) is 1.35. The first-order valence-corrected chi connectivity index (χ1v) is 4.82. The van der Waals surface area contributed by atoms with Gasteiger partial charge in [-0.1, -0.05) is 0 Å². The quantitative estimate of drug-likeness (QED) is 0.767. The van der Waals surface area contributed by atoms with Crippen molar-refractivity contribution in [1.29, 1.82) is 0 Å². The van der Waals surface area contributed by atoms with Crippen molar-refractivity contribution in [2.75, 3.05) is 0 Å². The highest BCUT2D eigenvalue weighted by Crippen LogP contribution is 2.29. The number of aromatic nitrogens is 1. The first kappa shape index (κ1) is 10.9. The fourth-order valence-corrected chi connectivity index (χ4v) is 1.24. The summed E-state index contributed by atoms with van der Waals surface area (Å²) >= 11 is 0. The fraction of sp³-hybridized carbons (Fsp3) is 0.167. The van der Waals surface area contributed by atoms with Gasteiger partial charge in [0.15, 0.2) is 5.03 Å². The molecular weight excluding hydrogens is 221 g/mol. The number of nitrogens with two attached hydrogens (primary N) is 1. The van der Waals surface area contributed by atoms with E-state index >= 15 is 0 Å². The normalized spacial score (nSPS) is 12.9. The van der Waals surface area contributed by atoms with E-state index in [0.29, 0.717) is 12.1 Å². The third-order valence-corrected chi connectivity index (χ3v) is 2.16. The summed E-state index contributed by atoms with van der Waals surface area (Å²) in [5.41, 5.74) is -1.10. The van der Waals surface area contributed by atoms with Gasteiger partial charge in [0.25, 0.3) is 10.0 Å². The Kier molecular flexibility index (Phi) is 2.50. The number of alkyl halides is 3. The maximum atomic E-state index is 12.1. The Labute approximate surface area is 77.6 Å². The average molecular weight is 226 g/mol. The Bertz CT molecular complexity index is 441. The van der Waals surface area contributed by atoms with Crippen molar-refractivity contribution in [3.05, 3.63) is 23.9 Å². The van der Waals surface area contributed by atoms with Crippen molar-refractivity contribution in [2.24, 2.45) is 5.14 Å². The van der Waals surface area contributed by atoms with E-state index in [1.165, 1.54) is 0 Å². The predicted molar refractivity (Wildman–Crippen MR) is 40.6 cm³/mol. The standard InChI is InChI=1S/C6H5F3N2O2S/c7-6(8,9)4-1-2-11-5(3-4)14(10,12)13/h1-3H,(H2,10,12,13). The van der Waals surface area contributed by atoms with Crippen molar-refractivity contribution in [1.82, 2.24) is 4.98 Å². The highest BCUT2D eigenvalue weighted by atomic mass is 32.2. The molecular formula is C6H5F3N2O2S. The molecule has 1 aromatic heterocycles. The lowest BCUT2D eigenvalue weighted by atomic mass is 10.3. The average Bonchev–Trinajstić information content (AvgIpc) is 2.01. The largest absolute Gasteiger partial charge is 0.416 e. The lowest BCUT2D eigenvalue weighted by Gasteiger charge is -2.06. The summed E-state index contributed by atoms with van der Waals surface area (Å²) in [5.74, 6) is 0. The number of nitrogens with zero attached hydrogens (tertiary/aromatic N) is 1. The van der Waals surface area contributed by atoms with Gasteiger partial charge in [-0.25, -0.2) is 18.5 Å². The molecule has 4 nitrogen and oxygen atoms in total. The van der Waals surface area contributed by atoms with Crippen LogP contribution in [-0.2, 0) is 16.2 Å². The molecule has 0 saturated heterocycles. The molecule has 2 N–H and O–H groups in total. The summed E-state index contributed by atoms with van der Waals surface area (Å²) in [6, 6.07) is 1.05. The van der Waals surface area contributed by atoms with Gasteiger partial charge < -0.3 is 0 Å². The van der Waals surface area contributed by atoms with Crippen LogP contribution in [-0.4, -0.2) is 13.4 Å². The maximum absolute atomic E-state index is 12.1. The summed E-state index contributed by atoms with van der Waals surface area (Å²) in [6.07, 6.45) is -3.87. The molecule has 0 amide bonds. The van der Waals surface area contributed by atoms with Gasteiger partial charge in [-0.05, 0) is 12.1 Å². The lowest BCUT2D eigenvalue weighted by molar-refractivity contribution is -0.137. The van der Waals surface area contributed by atoms with Crippen LogP contribution < -0.4 is 5.14 Å². The Morgan fingerprint density at radius 1 is 1.36 bits per heavy atom. The lowest BCUT2D eigenvalue weighted by Crippen LogP contribution is -2.15. The van der Waals surface area contributed by atoms with Crippen molar-refractivity contribution in [3.8, 4) is 0 Å². The Hall–Kier alpha value is -1.15. The summed E-state index contributed by atoms with van der Waals surface area (Å²) in [7, 11) is -4.20. The van der Waals surface area contributed by atoms with E-state index in [0.717, 1.165) is 6.20 Å². The molecule has 0 aliphatic heterocycles. The number of hydrogen-bond acceptors (Lipinski definition) is 3. The zero-order chi connectivity index (χ0) is 11.0. The third kappa shape index (κ3) is 2.42. The molecule has 0 saturated carbocycles. The van der Waals surface area contributed by atoms with Gasteiger partial charge in [-0.2, -0.15) is 13.2 Å². The molecule has 0 spiro atoms. The Balaban J connectivity index is 3.29. The SMILES string of the molecule is NS(=O)(=O)c1cc(C(F)(F)F)ccn1. The van der Waals surface area contributed by atoms with Gasteiger partial charge in [0, 0.05) is 6.20 Å². The molecule has 0 unspecified atom stereocenters. The number of pyridine rings is 1. The number of sulfonamides is 1. The van der Waals surface area contributed by atoms with Crippen molar-refractivity contribution < 1.29 is 21.6 Å². The topological polar surface area (TPSA) is 73.1 Å². The number of primary sulfonamides is 1. The van der Waals surface area contributed by atoms with Crippen LogP contribution in [0.25, 0.3) is 0 Å². The molecule has 1 rings (SSSR count). The monoisotopic (exact) mass is 226 g/mol. The van der Waals surface area contributed by atoms with E-state index in [4.69, 9.17) is 0 Å². The molecule has 0 aliphatic carbocycles. The van der Waals surface area contributed by atoms with E-state index in [2.05, 4.69) is 10.1 Å². The molecule has 0 aromatic carbocycles. The zero-order valence-corrected chi connectivity index (χ0v) is 7.43. The molecule has 0 fully saturated rings. The van der Waals surface area contributed by atoms with Gasteiger partial charge >= 0.3 is 6.18 Å². The second-order valence-electron chi connectivity index (χ2n) is 2.43. The van der Waals surface area contributed by atoms with E-state index in [1.807, 2.05) is 0 Å². The molecule has 0 atom stereocenters. The van der Waals surface area contributed by atoms with Gasteiger partial charge in [-0.3, -0.25) is 0 Å². The molecule has 78 valence electrons. The van der Waals surface area contributed by atoms with E-state index in [1.54, 1.807) is 0 Å². The van der Waals surface area contributed by atoms with E-state index in [-0.39, 0.29) is 0 Å². The van der Waals surface area contributed by atoms with Gasteiger partial charge in [0.2, 0.25) is 0 Å². The molecule has 14 heavy (non-hydrogen) atoms. The molecule has 0 radical (unpaired) electrons. The number of hydrogen-bond donors (Lipinski definition) is 1. The highest BCUT2D eigenvalue weighted by molar-refractivity contribution is 7.89. The summed E-state index contributed by atoms with van der Waals surface area (Å²) < 4.78 is 57.6. The second-order valence-corrected chi connectivity index (χ2v) is 3.93. The van der Waals surface area contributed by atoms with Crippen LogP contribution in [0.4, 0.5) is 13.2 Å². The van der Waals surface area contributed by atoms with Crippen LogP contribution in [0.3, 0.4) is 0 Å². The number of rotatable bonds is 1. The van der Waals surface area contributed by atoms with Gasteiger partial charge in [0.1, 0.15) is 0 Å². The molecule has 8 heteroatoms. The Morgan fingerprint density at radius 3 is 2.36 bits per heavy atom. The van der Waals surface area contributed by atoms with E-state index < -0.39 is 26.8 Å². The highest BCUT2D eigenvalue weighted by Gasteiger charge is 2.31. The predicted octanol–water partition coefficient (Wildman–Crippen LogP) is 0.748.